The van der Waals surface area contributed by atoms with Crippen molar-refractivity contribution in [1.29, 1.82) is 0 Å². The van der Waals surface area contributed by atoms with Gasteiger partial charge >= 0.3 is 0 Å². The van der Waals surface area contributed by atoms with Gasteiger partial charge in [-0.15, -0.1) is 0 Å². The standard InChI is InChI=1S/C17H26N2O3.C8H16O.C7H6O2/c1-18-14(12-19-7-3-4-8-19)17(20-2)13-5-6-15-16(11-13)22-10-9-21-15;1-2-3-4-5-6-7-8-9;8-5-6-3-1-2-4-7(6)9/h5-6,11,14,17-18H,3-4,7-10,12H2,1-2H3;8H,2-7H2,1H3;1-5,9H/t14-,17?;;/m1../s1. The van der Waals surface area contributed by atoms with Gasteiger partial charge in [-0.3, -0.25) is 4.79 Å². The van der Waals surface area contributed by atoms with E-state index in [1.807, 2.05) is 13.1 Å². The van der Waals surface area contributed by atoms with Crippen LogP contribution in [0.4, 0.5) is 0 Å². The molecule has 2 heterocycles. The summed E-state index contributed by atoms with van der Waals surface area (Å²) in [4.78, 5) is 22.4. The molecule has 0 bridgehead atoms. The Morgan fingerprint density at radius 3 is 2.30 bits per heavy atom. The monoisotopic (exact) mass is 556 g/mol. The van der Waals surface area contributed by atoms with Crippen LogP contribution in [0.5, 0.6) is 17.2 Å². The zero-order chi connectivity index (χ0) is 29.0. The van der Waals surface area contributed by atoms with Crippen LogP contribution in [0, 0.1) is 0 Å². The molecule has 40 heavy (non-hydrogen) atoms. The second-order valence-electron chi connectivity index (χ2n) is 10.0. The Morgan fingerprint density at radius 1 is 1.00 bits per heavy atom. The summed E-state index contributed by atoms with van der Waals surface area (Å²) >= 11 is 0. The average Bonchev–Trinajstić information content (AvgIpc) is 3.51. The predicted octanol–water partition coefficient (Wildman–Crippen LogP) is 5.58. The minimum Gasteiger partial charge on any atom is -0.507 e. The minimum absolute atomic E-state index is 0.00132. The highest BCUT2D eigenvalue weighted by molar-refractivity contribution is 5.78. The van der Waals surface area contributed by atoms with Crippen LogP contribution in [-0.4, -0.2) is 75.6 Å². The highest BCUT2D eigenvalue weighted by Crippen LogP contribution is 2.34. The van der Waals surface area contributed by atoms with Crippen molar-refractivity contribution >= 4 is 12.6 Å². The molecule has 0 saturated carbocycles. The Bertz CT molecular complexity index is 980. The van der Waals surface area contributed by atoms with E-state index in [2.05, 4.69) is 29.3 Å². The van der Waals surface area contributed by atoms with E-state index in [1.165, 1.54) is 57.7 Å². The van der Waals surface area contributed by atoms with Gasteiger partial charge < -0.3 is 34.3 Å². The number of carbonyl (C=O) groups is 2. The van der Waals surface area contributed by atoms with Gasteiger partial charge in [-0.1, -0.05) is 50.8 Å². The summed E-state index contributed by atoms with van der Waals surface area (Å²) in [6.45, 7) is 6.81. The number of nitrogens with one attached hydrogen (secondary N) is 1. The van der Waals surface area contributed by atoms with Crippen molar-refractivity contribution in [3.05, 3.63) is 53.6 Å². The molecule has 0 radical (unpaired) electrons. The van der Waals surface area contributed by atoms with E-state index < -0.39 is 0 Å². The van der Waals surface area contributed by atoms with Crippen molar-refractivity contribution in [2.45, 2.75) is 70.4 Å². The summed E-state index contributed by atoms with van der Waals surface area (Å²) in [6, 6.07) is 12.8. The number of para-hydroxylation sites is 1. The van der Waals surface area contributed by atoms with Crippen molar-refractivity contribution in [3.63, 3.8) is 0 Å². The quantitative estimate of drug-likeness (QED) is 0.244. The molecule has 0 amide bonds. The Labute approximate surface area is 240 Å². The lowest BCUT2D eigenvalue weighted by Gasteiger charge is -2.30. The van der Waals surface area contributed by atoms with Crippen LogP contribution in [0.25, 0.3) is 0 Å². The van der Waals surface area contributed by atoms with Gasteiger partial charge in [0, 0.05) is 26.1 Å². The van der Waals surface area contributed by atoms with E-state index in [0.717, 1.165) is 42.7 Å². The van der Waals surface area contributed by atoms with E-state index in [9.17, 15) is 9.59 Å². The number of nitrogens with zero attached hydrogens (tertiary/aromatic N) is 1. The van der Waals surface area contributed by atoms with Gasteiger partial charge in [0.15, 0.2) is 17.8 Å². The molecule has 2 N–H and O–H groups in total. The lowest BCUT2D eigenvalue weighted by molar-refractivity contribution is -0.107. The summed E-state index contributed by atoms with van der Waals surface area (Å²) in [5.74, 6) is 1.68. The van der Waals surface area contributed by atoms with E-state index in [0.29, 0.717) is 25.1 Å². The molecule has 4 rings (SSSR count). The molecule has 2 aromatic carbocycles. The summed E-state index contributed by atoms with van der Waals surface area (Å²) in [5, 5.41) is 12.3. The molecule has 1 saturated heterocycles. The summed E-state index contributed by atoms with van der Waals surface area (Å²) < 4.78 is 17.1. The van der Waals surface area contributed by atoms with Crippen LogP contribution in [0.1, 0.15) is 80.3 Å². The smallest absolute Gasteiger partial charge is 0.161 e. The SMILES string of the molecule is CCCCCCCC=O.CN[C@H](CN1CCCC1)C(OC)c1ccc2c(c1)OCCO2.O=Cc1ccccc1O. The molecule has 2 aliphatic heterocycles. The molecule has 1 unspecified atom stereocenters. The van der Waals surface area contributed by atoms with Crippen LogP contribution in [-0.2, 0) is 9.53 Å². The van der Waals surface area contributed by atoms with Gasteiger partial charge in [0.1, 0.15) is 25.2 Å². The molecule has 1 fully saturated rings. The number of unbranched alkanes of at least 4 members (excludes halogenated alkanes) is 5. The highest BCUT2D eigenvalue weighted by Gasteiger charge is 2.26. The second kappa shape index (κ2) is 20.0. The Morgan fingerprint density at radius 2 is 1.70 bits per heavy atom. The van der Waals surface area contributed by atoms with E-state index in [4.69, 9.17) is 19.3 Å². The average molecular weight is 557 g/mol. The Kier molecular flexibility index (Phi) is 16.6. The van der Waals surface area contributed by atoms with Gasteiger partial charge in [0.2, 0.25) is 0 Å². The number of benzene rings is 2. The first-order chi connectivity index (χ1) is 19.6. The maximum absolute atomic E-state index is 10.1. The van der Waals surface area contributed by atoms with Gasteiger partial charge in [0.25, 0.3) is 0 Å². The van der Waals surface area contributed by atoms with Crippen LogP contribution >= 0.6 is 0 Å². The first kappa shape index (κ1) is 33.3. The largest absolute Gasteiger partial charge is 0.507 e. The van der Waals surface area contributed by atoms with Crippen LogP contribution in [0.2, 0.25) is 0 Å². The fourth-order valence-electron chi connectivity index (χ4n) is 4.77. The normalized spacial score (nSPS) is 15.6. The number of aldehydes is 2. The van der Waals surface area contributed by atoms with Crippen molar-refractivity contribution in [2.24, 2.45) is 0 Å². The predicted molar refractivity (Wildman–Crippen MR) is 159 cm³/mol. The topological polar surface area (TPSA) is 97.3 Å². The number of likely N-dealkylation sites (tertiary alicyclic amines) is 1. The molecule has 0 spiro atoms. The third-order valence-electron chi connectivity index (χ3n) is 7.03. The van der Waals surface area contributed by atoms with Crippen molar-refractivity contribution < 1.29 is 28.9 Å². The van der Waals surface area contributed by atoms with E-state index in [1.54, 1.807) is 25.3 Å². The zero-order valence-corrected chi connectivity index (χ0v) is 24.5. The number of hydrogen-bond acceptors (Lipinski definition) is 8. The number of fused-ring (bicyclic) bond motifs is 1. The van der Waals surface area contributed by atoms with Crippen molar-refractivity contribution in [3.8, 4) is 17.2 Å². The third-order valence-corrected chi connectivity index (χ3v) is 7.03. The highest BCUT2D eigenvalue weighted by atomic mass is 16.6. The molecule has 2 atom stereocenters. The summed E-state index contributed by atoms with van der Waals surface area (Å²) in [7, 11) is 3.78. The first-order valence-electron chi connectivity index (χ1n) is 14.6. The third kappa shape index (κ3) is 11.7. The summed E-state index contributed by atoms with van der Waals surface area (Å²) in [5.41, 5.74) is 1.46. The fourth-order valence-corrected chi connectivity index (χ4v) is 4.77. The zero-order valence-electron chi connectivity index (χ0n) is 24.5. The van der Waals surface area contributed by atoms with E-state index >= 15 is 0 Å². The van der Waals surface area contributed by atoms with Gasteiger partial charge in [-0.2, -0.15) is 0 Å². The Hall–Kier alpha value is -2.94. The molecule has 2 aliphatic rings. The van der Waals surface area contributed by atoms with Crippen LogP contribution in [0.3, 0.4) is 0 Å². The lowest BCUT2D eigenvalue weighted by atomic mass is 10.0. The number of phenolic OH excluding ortho intramolecular Hbond substituents is 1. The first-order valence-corrected chi connectivity index (χ1v) is 14.6. The van der Waals surface area contributed by atoms with Gasteiger partial charge in [0.05, 0.1) is 11.7 Å². The number of rotatable bonds is 13. The lowest BCUT2D eigenvalue weighted by Crippen LogP contribution is -2.43. The number of hydrogen-bond donors (Lipinski definition) is 2. The summed E-state index contributed by atoms with van der Waals surface area (Å²) in [6.07, 6.45) is 11.2. The van der Waals surface area contributed by atoms with Crippen LogP contribution in [0.15, 0.2) is 42.5 Å². The molecule has 8 nitrogen and oxygen atoms in total. The number of aromatic hydroxyl groups is 1. The molecule has 2 aromatic rings. The molecular formula is C32H48N2O6. The van der Waals surface area contributed by atoms with Gasteiger partial charge in [-0.25, -0.2) is 0 Å². The fraction of sp³-hybridized carbons (Fsp3) is 0.562. The number of phenols is 1. The number of likely N-dealkylation sites (N-methyl/N-ethyl adjacent to an activating group) is 1. The molecular weight excluding hydrogens is 508 g/mol. The van der Waals surface area contributed by atoms with Crippen molar-refractivity contribution in [2.75, 3.05) is 47.0 Å². The molecule has 0 aromatic heterocycles. The number of methoxy groups -OCH3 is 1. The van der Waals surface area contributed by atoms with E-state index in [-0.39, 0.29) is 17.9 Å². The maximum Gasteiger partial charge on any atom is 0.161 e. The van der Waals surface area contributed by atoms with Crippen molar-refractivity contribution in [1.82, 2.24) is 10.2 Å². The van der Waals surface area contributed by atoms with Crippen LogP contribution < -0.4 is 14.8 Å². The van der Waals surface area contributed by atoms with Gasteiger partial charge in [-0.05, 0) is 69.2 Å². The second-order valence-corrected chi connectivity index (χ2v) is 10.0. The molecule has 8 heteroatoms. The molecule has 0 aliphatic carbocycles. The molecule has 222 valence electrons. The Balaban J connectivity index is 0.000000257. The minimum atomic E-state index is 0.00132. The maximum atomic E-state index is 10.1. The number of ether oxygens (including phenoxy) is 3. The number of carbonyl (C=O) groups excluding carboxylic acids is 2.